The van der Waals surface area contributed by atoms with E-state index in [0.717, 1.165) is 0 Å². The SMILES string of the molecule is CC(=O)Nc1ccc(S(=O)(=O)NC2CNC2)cc1. The van der Waals surface area contributed by atoms with Crippen molar-refractivity contribution in [2.24, 2.45) is 0 Å². The molecule has 6 nitrogen and oxygen atoms in total. The Morgan fingerprint density at radius 1 is 1.28 bits per heavy atom. The molecule has 0 spiro atoms. The summed E-state index contributed by atoms with van der Waals surface area (Å²) in [5.74, 6) is -0.190. The highest BCUT2D eigenvalue weighted by Gasteiger charge is 2.24. The quantitative estimate of drug-likeness (QED) is 0.712. The highest BCUT2D eigenvalue weighted by molar-refractivity contribution is 7.89. The van der Waals surface area contributed by atoms with Crippen molar-refractivity contribution >= 4 is 21.6 Å². The molecule has 1 aromatic carbocycles. The fourth-order valence-electron chi connectivity index (χ4n) is 1.58. The maximum atomic E-state index is 11.9. The second-order valence-electron chi connectivity index (χ2n) is 4.18. The summed E-state index contributed by atoms with van der Waals surface area (Å²) in [6.45, 7) is 2.71. The first-order valence-corrected chi connectivity index (χ1v) is 7.06. The lowest BCUT2D eigenvalue weighted by Crippen LogP contribution is -2.56. The first-order valence-electron chi connectivity index (χ1n) is 5.58. The van der Waals surface area contributed by atoms with E-state index in [0.29, 0.717) is 18.8 Å². The van der Waals surface area contributed by atoms with E-state index in [1.165, 1.54) is 19.1 Å². The zero-order valence-electron chi connectivity index (χ0n) is 9.93. The van der Waals surface area contributed by atoms with Gasteiger partial charge in [-0.05, 0) is 24.3 Å². The van der Waals surface area contributed by atoms with Crippen molar-refractivity contribution in [1.29, 1.82) is 0 Å². The third kappa shape index (κ3) is 3.06. The number of nitrogens with one attached hydrogen (secondary N) is 3. The second kappa shape index (κ2) is 5.05. The van der Waals surface area contributed by atoms with E-state index in [-0.39, 0.29) is 16.8 Å². The number of hydrogen-bond acceptors (Lipinski definition) is 4. The van der Waals surface area contributed by atoms with Gasteiger partial charge in [0.1, 0.15) is 0 Å². The zero-order valence-corrected chi connectivity index (χ0v) is 10.8. The lowest BCUT2D eigenvalue weighted by Gasteiger charge is -2.27. The fourth-order valence-corrected chi connectivity index (χ4v) is 2.82. The molecule has 7 heteroatoms. The van der Waals surface area contributed by atoms with Crippen LogP contribution in [0.15, 0.2) is 29.2 Å². The minimum atomic E-state index is -3.47. The van der Waals surface area contributed by atoms with Crippen molar-refractivity contribution in [3.05, 3.63) is 24.3 Å². The molecule has 0 bridgehead atoms. The lowest BCUT2D eigenvalue weighted by atomic mass is 10.2. The summed E-state index contributed by atoms with van der Waals surface area (Å²) in [5, 5.41) is 5.57. The van der Waals surface area contributed by atoms with Gasteiger partial charge < -0.3 is 10.6 Å². The summed E-state index contributed by atoms with van der Waals surface area (Å²) in [7, 11) is -3.47. The first-order chi connectivity index (χ1) is 8.47. The number of benzene rings is 1. The summed E-state index contributed by atoms with van der Waals surface area (Å²) in [6.07, 6.45) is 0. The number of rotatable bonds is 4. The molecule has 1 amide bonds. The Morgan fingerprint density at radius 3 is 2.33 bits per heavy atom. The molecule has 1 saturated heterocycles. The van der Waals surface area contributed by atoms with Gasteiger partial charge in [-0.25, -0.2) is 13.1 Å². The minimum Gasteiger partial charge on any atom is -0.326 e. The molecule has 0 saturated carbocycles. The molecule has 1 aliphatic rings. The molecule has 0 aliphatic carbocycles. The Hall–Kier alpha value is -1.44. The Morgan fingerprint density at radius 2 is 1.89 bits per heavy atom. The van der Waals surface area contributed by atoms with Gasteiger partial charge in [-0.1, -0.05) is 0 Å². The van der Waals surface area contributed by atoms with Crippen LogP contribution in [0.5, 0.6) is 0 Å². The Kier molecular flexibility index (Phi) is 3.65. The van der Waals surface area contributed by atoms with Crippen molar-refractivity contribution in [2.75, 3.05) is 18.4 Å². The van der Waals surface area contributed by atoms with E-state index in [1.54, 1.807) is 12.1 Å². The van der Waals surface area contributed by atoms with Crippen LogP contribution in [0.1, 0.15) is 6.92 Å². The van der Waals surface area contributed by atoms with Gasteiger partial charge in [0, 0.05) is 31.7 Å². The van der Waals surface area contributed by atoms with Gasteiger partial charge in [0.25, 0.3) is 0 Å². The zero-order chi connectivity index (χ0) is 13.2. The van der Waals surface area contributed by atoms with Crippen LogP contribution in [0, 0.1) is 0 Å². The normalized spacial score (nSPS) is 16.1. The number of carbonyl (C=O) groups excluding carboxylic acids is 1. The van der Waals surface area contributed by atoms with Crippen LogP contribution in [0.2, 0.25) is 0 Å². The summed E-state index contributed by atoms with van der Waals surface area (Å²) >= 11 is 0. The highest BCUT2D eigenvalue weighted by Crippen LogP contribution is 2.14. The lowest BCUT2D eigenvalue weighted by molar-refractivity contribution is -0.114. The van der Waals surface area contributed by atoms with E-state index >= 15 is 0 Å². The van der Waals surface area contributed by atoms with Crippen LogP contribution in [-0.4, -0.2) is 33.5 Å². The molecule has 0 radical (unpaired) electrons. The molecule has 0 unspecified atom stereocenters. The Labute approximate surface area is 106 Å². The number of amides is 1. The van der Waals surface area contributed by atoms with Crippen molar-refractivity contribution in [1.82, 2.24) is 10.0 Å². The number of carbonyl (C=O) groups is 1. The van der Waals surface area contributed by atoms with Crippen LogP contribution in [0.25, 0.3) is 0 Å². The van der Waals surface area contributed by atoms with E-state index in [2.05, 4.69) is 15.4 Å². The first kappa shape index (κ1) is 13.0. The molecule has 1 heterocycles. The van der Waals surface area contributed by atoms with Crippen molar-refractivity contribution in [2.45, 2.75) is 17.9 Å². The number of sulfonamides is 1. The molecule has 0 atom stereocenters. The standard InChI is InChI=1S/C11H15N3O3S/c1-8(15)13-9-2-4-11(5-3-9)18(16,17)14-10-6-12-7-10/h2-5,10,12,14H,6-7H2,1H3,(H,13,15). The predicted molar refractivity (Wildman–Crippen MR) is 67.7 cm³/mol. The average molecular weight is 269 g/mol. The van der Waals surface area contributed by atoms with Gasteiger partial charge in [-0.2, -0.15) is 0 Å². The second-order valence-corrected chi connectivity index (χ2v) is 5.90. The van der Waals surface area contributed by atoms with Crippen molar-refractivity contribution < 1.29 is 13.2 Å². The molecular formula is C11H15N3O3S. The third-order valence-corrected chi connectivity index (χ3v) is 4.12. The molecule has 2 rings (SSSR count). The van der Waals surface area contributed by atoms with Crippen LogP contribution in [-0.2, 0) is 14.8 Å². The van der Waals surface area contributed by atoms with Crippen LogP contribution in [0.3, 0.4) is 0 Å². The predicted octanol–water partition coefficient (Wildman–Crippen LogP) is -0.105. The molecule has 3 N–H and O–H groups in total. The minimum absolute atomic E-state index is 0.0370. The molecule has 98 valence electrons. The maximum Gasteiger partial charge on any atom is 0.240 e. The summed E-state index contributed by atoms with van der Waals surface area (Å²) < 4.78 is 26.5. The Bertz CT molecular complexity index is 535. The Balaban J connectivity index is 2.10. The van der Waals surface area contributed by atoms with E-state index in [9.17, 15) is 13.2 Å². The molecule has 1 aromatic rings. The summed E-state index contributed by atoms with van der Waals surface area (Å²) in [4.78, 5) is 11.0. The van der Waals surface area contributed by atoms with Gasteiger partial charge in [-0.3, -0.25) is 4.79 Å². The smallest absolute Gasteiger partial charge is 0.240 e. The monoisotopic (exact) mass is 269 g/mol. The van der Waals surface area contributed by atoms with Gasteiger partial charge in [0.15, 0.2) is 0 Å². The fraction of sp³-hybridized carbons (Fsp3) is 0.364. The third-order valence-electron chi connectivity index (χ3n) is 2.59. The summed E-state index contributed by atoms with van der Waals surface area (Å²) in [6, 6.07) is 6.04. The van der Waals surface area contributed by atoms with Gasteiger partial charge in [0.2, 0.25) is 15.9 Å². The molecule has 18 heavy (non-hydrogen) atoms. The van der Waals surface area contributed by atoms with Gasteiger partial charge in [-0.15, -0.1) is 0 Å². The highest BCUT2D eigenvalue weighted by atomic mass is 32.2. The maximum absolute atomic E-state index is 11.9. The van der Waals surface area contributed by atoms with Crippen LogP contribution in [0.4, 0.5) is 5.69 Å². The topological polar surface area (TPSA) is 87.3 Å². The largest absolute Gasteiger partial charge is 0.326 e. The molecule has 1 aliphatic heterocycles. The average Bonchev–Trinajstić information content (AvgIpc) is 2.24. The number of hydrogen-bond donors (Lipinski definition) is 3. The summed E-state index contributed by atoms with van der Waals surface area (Å²) in [5.41, 5.74) is 0.576. The van der Waals surface area contributed by atoms with Gasteiger partial charge >= 0.3 is 0 Å². The number of anilines is 1. The van der Waals surface area contributed by atoms with E-state index in [1.807, 2.05) is 0 Å². The molecular weight excluding hydrogens is 254 g/mol. The van der Waals surface area contributed by atoms with E-state index in [4.69, 9.17) is 0 Å². The van der Waals surface area contributed by atoms with Crippen LogP contribution < -0.4 is 15.4 Å². The molecule has 0 aromatic heterocycles. The molecule has 1 fully saturated rings. The van der Waals surface area contributed by atoms with E-state index < -0.39 is 10.0 Å². The van der Waals surface area contributed by atoms with Gasteiger partial charge in [0.05, 0.1) is 4.90 Å². The van der Waals surface area contributed by atoms with Crippen molar-refractivity contribution in [3.63, 3.8) is 0 Å². The van der Waals surface area contributed by atoms with Crippen LogP contribution >= 0.6 is 0 Å². The van der Waals surface area contributed by atoms with Crippen molar-refractivity contribution in [3.8, 4) is 0 Å².